The van der Waals surface area contributed by atoms with E-state index >= 15 is 0 Å². The summed E-state index contributed by atoms with van der Waals surface area (Å²) in [6.45, 7) is -0.640. The maximum absolute atomic E-state index is 9.65. The molecule has 7 nitrogen and oxygen atoms in total. The first-order valence-corrected chi connectivity index (χ1v) is 4.38. The lowest BCUT2D eigenvalue weighted by molar-refractivity contribution is -0.346. The molecule has 0 saturated carbocycles. The number of nitriles is 1. The monoisotopic (exact) mass is 219 g/mol. The lowest BCUT2D eigenvalue weighted by atomic mass is 9.91. The van der Waals surface area contributed by atoms with Gasteiger partial charge in [0.1, 0.15) is 24.4 Å². The Morgan fingerprint density at radius 1 is 1.27 bits per heavy atom. The first kappa shape index (κ1) is 12.3. The highest BCUT2D eigenvalue weighted by molar-refractivity contribution is 4.99. The molecule has 15 heavy (non-hydrogen) atoms. The van der Waals surface area contributed by atoms with E-state index in [9.17, 15) is 20.4 Å². The van der Waals surface area contributed by atoms with Crippen molar-refractivity contribution >= 4 is 0 Å². The van der Waals surface area contributed by atoms with E-state index in [-0.39, 0.29) is 0 Å². The van der Waals surface area contributed by atoms with E-state index in [4.69, 9.17) is 15.1 Å². The lowest BCUT2D eigenvalue weighted by Crippen LogP contribution is -2.65. The predicted octanol–water partition coefficient (Wildman–Crippen LogP) is -2.94. The Hall–Kier alpha value is -0.750. The third-order valence-corrected chi connectivity index (χ3v) is 2.38. The van der Waals surface area contributed by atoms with Gasteiger partial charge in [0.2, 0.25) is 5.79 Å². The van der Waals surface area contributed by atoms with Crippen molar-refractivity contribution in [3.8, 4) is 6.07 Å². The third-order valence-electron chi connectivity index (χ3n) is 2.38. The van der Waals surface area contributed by atoms with Gasteiger partial charge in [-0.1, -0.05) is 0 Å². The maximum Gasteiger partial charge on any atom is 0.208 e. The van der Waals surface area contributed by atoms with E-state index in [2.05, 4.69) is 0 Å². The van der Waals surface area contributed by atoms with E-state index in [1.165, 1.54) is 0 Å². The summed E-state index contributed by atoms with van der Waals surface area (Å²) in [6, 6.07) is 1.58. The SMILES string of the molecule is N#CC[C@]1(O)O[C@H](CO)[C@@H](O)[C@H](O)[C@H]1O. The smallest absolute Gasteiger partial charge is 0.208 e. The van der Waals surface area contributed by atoms with Crippen LogP contribution in [0.15, 0.2) is 0 Å². The standard InChI is InChI=1S/C8H13NO6/c9-2-1-8(14)7(13)6(12)5(11)4(3-10)15-8/h4-7,10-14H,1,3H2/t4-,5-,6+,7-,8+/m1/s1. The van der Waals surface area contributed by atoms with Crippen molar-refractivity contribution in [1.82, 2.24) is 0 Å². The predicted molar refractivity (Wildman–Crippen MR) is 45.2 cm³/mol. The molecule has 1 saturated heterocycles. The molecule has 5 N–H and O–H groups in total. The quantitative estimate of drug-likeness (QED) is 0.335. The molecule has 0 spiro atoms. The average Bonchev–Trinajstić information content (AvgIpc) is 2.21. The Bertz CT molecular complexity index is 264. The van der Waals surface area contributed by atoms with Crippen molar-refractivity contribution in [2.75, 3.05) is 6.61 Å². The number of aliphatic hydroxyl groups is 5. The molecular weight excluding hydrogens is 206 g/mol. The number of hydrogen-bond acceptors (Lipinski definition) is 7. The molecule has 0 amide bonds. The van der Waals surface area contributed by atoms with Crippen LogP contribution in [0.25, 0.3) is 0 Å². The second kappa shape index (κ2) is 4.40. The zero-order valence-electron chi connectivity index (χ0n) is 7.82. The Kier molecular flexibility index (Phi) is 3.62. The van der Waals surface area contributed by atoms with Gasteiger partial charge in [0, 0.05) is 0 Å². The minimum atomic E-state index is -2.26. The molecule has 1 heterocycles. The van der Waals surface area contributed by atoms with Crippen LogP contribution in [-0.2, 0) is 4.74 Å². The highest BCUT2D eigenvalue weighted by Crippen LogP contribution is 2.30. The van der Waals surface area contributed by atoms with Crippen molar-refractivity contribution in [2.45, 2.75) is 36.6 Å². The molecule has 0 bridgehead atoms. The average molecular weight is 219 g/mol. The molecule has 1 aliphatic rings. The summed E-state index contributed by atoms with van der Waals surface area (Å²) < 4.78 is 4.78. The van der Waals surface area contributed by atoms with Crippen LogP contribution in [0.3, 0.4) is 0 Å². The second-order valence-corrected chi connectivity index (χ2v) is 3.44. The van der Waals surface area contributed by atoms with Gasteiger partial charge in [-0.2, -0.15) is 5.26 Å². The van der Waals surface area contributed by atoms with Crippen LogP contribution >= 0.6 is 0 Å². The highest BCUT2D eigenvalue weighted by atomic mass is 16.7. The van der Waals surface area contributed by atoms with E-state index in [0.29, 0.717) is 0 Å². The van der Waals surface area contributed by atoms with Gasteiger partial charge >= 0.3 is 0 Å². The van der Waals surface area contributed by atoms with Crippen molar-refractivity contribution in [1.29, 1.82) is 5.26 Å². The topological polar surface area (TPSA) is 134 Å². The Morgan fingerprint density at radius 3 is 2.33 bits per heavy atom. The molecule has 0 aromatic heterocycles. The number of ether oxygens (including phenoxy) is 1. The number of hydrogen-bond donors (Lipinski definition) is 5. The molecule has 5 atom stereocenters. The molecule has 1 rings (SSSR count). The van der Waals surface area contributed by atoms with E-state index in [1.807, 2.05) is 0 Å². The first-order valence-electron chi connectivity index (χ1n) is 4.38. The molecule has 0 aromatic rings. The van der Waals surface area contributed by atoms with E-state index < -0.39 is 43.2 Å². The normalized spacial score (nSPS) is 46.1. The molecule has 0 radical (unpaired) electrons. The van der Waals surface area contributed by atoms with Crippen molar-refractivity contribution in [3.05, 3.63) is 0 Å². The molecular formula is C8H13NO6. The fourth-order valence-corrected chi connectivity index (χ4v) is 1.48. The number of nitrogens with zero attached hydrogens (tertiary/aromatic N) is 1. The van der Waals surface area contributed by atoms with Gasteiger partial charge in [0.05, 0.1) is 19.1 Å². The highest BCUT2D eigenvalue weighted by Gasteiger charge is 2.52. The van der Waals surface area contributed by atoms with Gasteiger partial charge in [0.15, 0.2) is 0 Å². The van der Waals surface area contributed by atoms with Gasteiger partial charge in [-0.25, -0.2) is 0 Å². The molecule has 1 aliphatic heterocycles. The zero-order chi connectivity index (χ0) is 11.6. The number of rotatable bonds is 2. The molecule has 0 aliphatic carbocycles. The summed E-state index contributed by atoms with van der Waals surface area (Å²) in [5.41, 5.74) is 0. The Morgan fingerprint density at radius 2 is 1.87 bits per heavy atom. The molecule has 1 fully saturated rings. The van der Waals surface area contributed by atoms with Crippen LogP contribution in [0.1, 0.15) is 6.42 Å². The van der Waals surface area contributed by atoms with Gasteiger partial charge in [0.25, 0.3) is 0 Å². The summed E-state index contributed by atoms with van der Waals surface area (Å²) in [7, 11) is 0. The van der Waals surface area contributed by atoms with Crippen LogP contribution in [-0.4, -0.2) is 62.3 Å². The van der Waals surface area contributed by atoms with Crippen molar-refractivity contribution in [3.63, 3.8) is 0 Å². The van der Waals surface area contributed by atoms with Crippen LogP contribution in [0.5, 0.6) is 0 Å². The lowest BCUT2D eigenvalue weighted by Gasteiger charge is -2.44. The Balaban J connectivity index is 2.88. The molecule has 86 valence electrons. The van der Waals surface area contributed by atoms with Crippen LogP contribution in [0.4, 0.5) is 0 Å². The summed E-state index contributed by atoms with van der Waals surface area (Å²) in [5.74, 6) is -2.26. The minimum absolute atomic E-state index is 0.575. The molecule has 7 heteroatoms. The van der Waals surface area contributed by atoms with Crippen LogP contribution < -0.4 is 0 Å². The van der Waals surface area contributed by atoms with Gasteiger partial charge in [-0.05, 0) is 0 Å². The summed E-state index contributed by atoms with van der Waals surface area (Å²) in [5, 5.41) is 54.9. The summed E-state index contributed by atoms with van der Waals surface area (Å²) >= 11 is 0. The zero-order valence-corrected chi connectivity index (χ0v) is 7.82. The van der Waals surface area contributed by atoms with Crippen molar-refractivity contribution < 1.29 is 30.3 Å². The number of aliphatic hydroxyl groups excluding tert-OH is 4. The third kappa shape index (κ3) is 2.10. The maximum atomic E-state index is 9.65. The van der Waals surface area contributed by atoms with Crippen LogP contribution in [0.2, 0.25) is 0 Å². The molecule has 0 unspecified atom stereocenters. The summed E-state index contributed by atoms with van der Waals surface area (Å²) in [6.07, 6.45) is -6.79. The van der Waals surface area contributed by atoms with Gasteiger partial charge in [-0.3, -0.25) is 0 Å². The van der Waals surface area contributed by atoms with Gasteiger partial charge in [-0.15, -0.1) is 0 Å². The first-order chi connectivity index (χ1) is 6.96. The van der Waals surface area contributed by atoms with E-state index in [0.717, 1.165) is 0 Å². The fraction of sp³-hybridized carbons (Fsp3) is 0.875. The Labute approximate surface area is 85.8 Å². The fourth-order valence-electron chi connectivity index (χ4n) is 1.48. The second-order valence-electron chi connectivity index (χ2n) is 3.44. The van der Waals surface area contributed by atoms with Crippen molar-refractivity contribution in [2.24, 2.45) is 0 Å². The van der Waals surface area contributed by atoms with E-state index in [1.54, 1.807) is 6.07 Å². The minimum Gasteiger partial charge on any atom is -0.394 e. The van der Waals surface area contributed by atoms with Crippen LogP contribution in [0, 0.1) is 11.3 Å². The molecule has 0 aromatic carbocycles. The summed E-state index contributed by atoms with van der Waals surface area (Å²) in [4.78, 5) is 0. The largest absolute Gasteiger partial charge is 0.394 e. The van der Waals surface area contributed by atoms with Gasteiger partial charge < -0.3 is 30.3 Å².